The highest BCUT2D eigenvalue weighted by atomic mass is 35.5. The standard InChI is InChI=1S/C28H24Cl2N2O4/c1-13-3-5-15(6-4-13)25(33)14(2)31(26(34)16-7-10-21(29)22(30)11-16)32-27(35)23-17-8-9-18(20-12-19(17)20)24(23)28(32)36/h3-11,14,17-20,23-24H,12H2,1-2H3/t14-,17-,18-,19-,20-,23+,24+/m0/s1. The third-order valence-electron chi connectivity index (χ3n) is 8.31. The van der Waals surface area contributed by atoms with Crippen LogP contribution in [0, 0.1) is 42.4 Å². The van der Waals surface area contributed by atoms with E-state index in [9.17, 15) is 19.2 Å². The SMILES string of the molecule is Cc1ccc(C(=O)[C@H](C)N(C(=O)c2ccc(Cl)c(Cl)c2)N2C(=O)[C@@H]3[C@H]4C=C[C@@H]([C@@H]5C[C@@H]45)[C@H]3C2=O)cc1. The number of benzene rings is 2. The number of amides is 3. The van der Waals surface area contributed by atoms with Crippen molar-refractivity contribution >= 4 is 46.7 Å². The Balaban J connectivity index is 1.41. The van der Waals surface area contributed by atoms with Gasteiger partial charge in [-0.05, 0) is 62.1 Å². The lowest BCUT2D eigenvalue weighted by atomic mass is 9.63. The Labute approximate surface area is 218 Å². The molecule has 8 heteroatoms. The number of imide groups is 1. The Bertz CT molecular complexity index is 1320. The summed E-state index contributed by atoms with van der Waals surface area (Å²) in [4.78, 5) is 55.1. The quantitative estimate of drug-likeness (QED) is 0.315. The van der Waals surface area contributed by atoms with E-state index in [0.717, 1.165) is 22.0 Å². The number of carbonyl (C=O) groups excluding carboxylic acids is 4. The molecule has 2 aromatic carbocycles. The Morgan fingerprint density at radius 3 is 2.00 bits per heavy atom. The third kappa shape index (κ3) is 3.38. The molecule has 7 atom stereocenters. The molecule has 3 fully saturated rings. The van der Waals surface area contributed by atoms with Gasteiger partial charge in [0.1, 0.15) is 6.04 Å². The van der Waals surface area contributed by atoms with Crippen LogP contribution in [-0.4, -0.2) is 39.6 Å². The normalized spacial score (nSPS) is 30.2. The molecule has 184 valence electrons. The molecule has 6 nitrogen and oxygen atoms in total. The molecular weight excluding hydrogens is 499 g/mol. The predicted octanol–water partition coefficient (Wildman–Crippen LogP) is 4.98. The first kappa shape index (κ1) is 23.4. The van der Waals surface area contributed by atoms with Crippen molar-refractivity contribution in [2.24, 2.45) is 35.5 Å². The molecular formula is C28H24Cl2N2O4. The minimum absolute atomic E-state index is 0.00326. The van der Waals surface area contributed by atoms with Gasteiger partial charge in [0.05, 0.1) is 21.9 Å². The molecule has 0 unspecified atom stereocenters. The van der Waals surface area contributed by atoms with E-state index in [2.05, 4.69) is 12.2 Å². The maximum atomic E-state index is 13.9. The summed E-state index contributed by atoms with van der Waals surface area (Å²) in [6, 6.07) is 10.2. The van der Waals surface area contributed by atoms with Crippen LogP contribution in [0.1, 0.15) is 39.6 Å². The molecule has 0 aromatic heterocycles. The van der Waals surface area contributed by atoms with Gasteiger partial charge in [0, 0.05) is 11.1 Å². The summed E-state index contributed by atoms with van der Waals surface area (Å²) in [7, 11) is 0. The van der Waals surface area contributed by atoms with Gasteiger partial charge in [0.15, 0.2) is 5.78 Å². The van der Waals surface area contributed by atoms with Crippen LogP contribution in [0.4, 0.5) is 0 Å². The molecule has 4 aliphatic carbocycles. The van der Waals surface area contributed by atoms with Gasteiger partial charge in [-0.15, -0.1) is 0 Å². The van der Waals surface area contributed by atoms with Gasteiger partial charge in [-0.1, -0.05) is 65.2 Å². The second kappa shape index (κ2) is 8.29. The molecule has 36 heavy (non-hydrogen) atoms. The fraction of sp³-hybridized carbons (Fsp3) is 0.357. The van der Waals surface area contributed by atoms with Crippen LogP contribution in [0.15, 0.2) is 54.6 Å². The zero-order valence-electron chi connectivity index (χ0n) is 19.7. The molecule has 7 rings (SSSR count). The lowest BCUT2D eigenvalue weighted by Gasteiger charge is -2.37. The summed E-state index contributed by atoms with van der Waals surface area (Å²) < 4.78 is 0. The number of aryl methyl sites for hydroxylation is 1. The van der Waals surface area contributed by atoms with Gasteiger partial charge in [-0.2, -0.15) is 5.01 Å². The first-order valence-electron chi connectivity index (χ1n) is 12.1. The summed E-state index contributed by atoms with van der Waals surface area (Å²) in [5.41, 5.74) is 1.50. The average molecular weight is 523 g/mol. The van der Waals surface area contributed by atoms with Crippen LogP contribution in [0.5, 0.6) is 0 Å². The van der Waals surface area contributed by atoms with E-state index < -0.39 is 35.6 Å². The fourth-order valence-electron chi connectivity index (χ4n) is 6.43. The largest absolute Gasteiger partial charge is 0.292 e. The van der Waals surface area contributed by atoms with E-state index in [1.54, 1.807) is 31.2 Å². The molecule has 0 radical (unpaired) electrons. The fourth-order valence-corrected chi connectivity index (χ4v) is 6.72. The van der Waals surface area contributed by atoms with Gasteiger partial charge in [-0.25, -0.2) is 5.01 Å². The second-order valence-corrected chi connectivity index (χ2v) is 11.1. The second-order valence-electron chi connectivity index (χ2n) is 10.3. The van der Waals surface area contributed by atoms with E-state index in [1.165, 1.54) is 18.2 Å². The molecule has 2 saturated carbocycles. The van der Waals surface area contributed by atoms with Crippen LogP contribution < -0.4 is 0 Å². The van der Waals surface area contributed by atoms with Crippen molar-refractivity contribution < 1.29 is 19.2 Å². The highest BCUT2D eigenvalue weighted by Crippen LogP contribution is 2.65. The topological polar surface area (TPSA) is 74.8 Å². The Kier molecular flexibility index (Phi) is 5.39. The molecule has 3 amide bonds. The monoisotopic (exact) mass is 522 g/mol. The van der Waals surface area contributed by atoms with E-state index in [1.807, 2.05) is 6.92 Å². The summed E-state index contributed by atoms with van der Waals surface area (Å²) in [5, 5.41) is 2.42. The summed E-state index contributed by atoms with van der Waals surface area (Å²) in [6.07, 6.45) is 5.17. The number of ketones is 1. The lowest BCUT2D eigenvalue weighted by molar-refractivity contribution is -0.156. The summed E-state index contributed by atoms with van der Waals surface area (Å²) in [6.45, 7) is 3.46. The Morgan fingerprint density at radius 2 is 1.44 bits per heavy atom. The summed E-state index contributed by atoms with van der Waals surface area (Å²) in [5.74, 6) is -2.02. The third-order valence-corrected chi connectivity index (χ3v) is 9.05. The van der Waals surface area contributed by atoms with Gasteiger partial charge in [0.25, 0.3) is 17.7 Å². The zero-order chi connectivity index (χ0) is 25.5. The lowest BCUT2D eigenvalue weighted by Crippen LogP contribution is -2.56. The molecule has 1 aliphatic heterocycles. The minimum atomic E-state index is -1.11. The minimum Gasteiger partial charge on any atom is -0.292 e. The van der Waals surface area contributed by atoms with Crippen molar-refractivity contribution in [2.45, 2.75) is 26.3 Å². The molecule has 0 N–H and O–H groups in total. The predicted molar refractivity (Wildman–Crippen MR) is 134 cm³/mol. The number of allylic oxidation sites excluding steroid dienone is 2. The van der Waals surface area contributed by atoms with Crippen LogP contribution in [0.2, 0.25) is 10.0 Å². The zero-order valence-corrected chi connectivity index (χ0v) is 21.2. The number of rotatable bonds is 5. The van der Waals surface area contributed by atoms with Gasteiger partial charge < -0.3 is 0 Å². The van der Waals surface area contributed by atoms with Crippen molar-refractivity contribution in [3.05, 3.63) is 81.4 Å². The number of hydrogen-bond donors (Lipinski definition) is 0. The van der Waals surface area contributed by atoms with Crippen LogP contribution >= 0.6 is 23.2 Å². The summed E-state index contributed by atoms with van der Waals surface area (Å²) >= 11 is 12.2. The molecule has 2 aromatic rings. The molecule has 1 heterocycles. The van der Waals surface area contributed by atoms with Crippen molar-refractivity contribution in [1.82, 2.24) is 10.0 Å². The molecule has 0 spiro atoms. The Hall–Kier alpha value is -2.96. The smallest absolute Gasteiger partial charge is 0.273 e. The van der Waals surface area contributed by atoms with E-state index >= 15 is 0 Å². The highest BCUT2D eigenvalue weighted by molar-refractivity contribution is 6.42. The van der Waals surface area contributed by atoms with Crippen LogP contribution in [-0.2, 0) is 9.59 Å². The number of halogens is 2. The van der Waals surface area contributed by atoms with Crippen LogP contribution in [0.25, 0.3) is 0 Å². The molecule has 1 saturated heterocycles. The van der Waals surface area contributed by atoms with Gasteiger partial charge >= 0.3 is 0 Å². The number of carbonyl (C=O) groups is 4. The highest BCUT2D eigenvalue weighted by Gasteiger charge is 2.68. The number of nitrogens with zero attached hydrogens (tertiary/aromatic N) is 2. The molecule has 5 aliphatic rings. The average Bonchev–Trinajstić information content (AvgIpc) is 3.65. The first-order chi connectivity index (χ1) is 17.2. The molecule has 2 bridgehead atoms. The number of Topliss-reactive ketones (excluding diaryl/α,β-unsaturated/α-hetero) is 1. The number of hydrogen-bond acceptors (Lipinski definition) is 4. The first-order valence-corrected chi connectivity index (χ1v) is 12.9. The van der Waals surface area contributed by atoms with Gasteiger partial charge in [-0.3, -0.25) is 19.2 Å². The van der Waals surface area contributed by atoms with Crippen molar-refractivity contribution in [3.63, 3.8) is 0 Å². The van der Waals surface area contributed by atoms with E-state index in [0.29, 0.717) is 17.4 Å². The van der Waals surface area contributed by atoms with Crippen LogP contribution in [0.3, 0.4) is 0 Å². The van der Waals surface area contributed by atoms with E-state index in [-0.39, 0.29) is 33.2 Å². The van der Waals surface area contributed by atoms with Crippen molar-refractivity contribution in [2.75, 3.05) is 0 Å². The van der Waals surface area contributed by atoms with Crippen molar-refractivity contribution in [1.29, 1.82) is 0 Å². The van der Waals surface area contributed by atoms with Crippen molar-refractivity contribution in [3.8, 4) is 0 Å². The maximum Gasteiger partial charge on any atom is 0.273 e. The number of hydrazine groups is 1. The maximum absolute atomic E-state index is 13.9. The Morgan fingerprint density at radius 1 is 0.889 bits per heavy atom. The van der Waals surface area contributed by atoms with E-state index in [4.69, 9.17) is 23.2 Å². The van der Waals surface area contributed by atoms with Gasteiger partial charge in [0.2, 0.25) is 0 Å².